The number of esters is 1. The minimum atomic E-state index is -1.86. The van der Waals surface area contributed by atoms with Gasteiger partial charge in [-0.05, 0) is 29.4 Å². The van der Waals surface area contributed by atoms with Crippen LogP contribution in [0.15, 0.2) is 65.9 Å². The van der Waals surface area contributed by atoms with Gasteiger partial charge in [-0.2, -0.15) is 4.58 Å². The first-order valence-corrected chi connectivity index (χ1v) is 15.1. The number of rotatable bonds is 10. The molecule has 264 valence electrons. The van der Waals surface area contributed by atoms with Crippen molar-refractivity contribution in [1.29, 1.82) is 0 Å². The number of aliphatic carboxylic acids is 3. The predicted molar refractivity (Wildman–Crippen MR) is 165 cm³/mol. The fraction of sp³-hybridized carbons (Fsp3) is 0.303. The molecule has 2 aromatic rings. The number of nitrogens with one attached hydrogen (secondary N) is 1. The molecule has 3 heterocycles. The normalized spacial score (nSPS) is 27.7. The molecule has 8 N–H and O–H groups in total. The van der Waals surface area contributed by atoms with Crippen molar-refractivity contribution in [2.24, 2.45) is 0 Å². The Labute approximate surface area is 282 Å². The summed E-state index contributed by atoms with van der Waals surface area (Å²) in [5.74, 6) is -5.80. The molecule has 0 bridgehead atoms. The van der Waals surface area contributed by atoms with E-state index in [9.17, 15) is 60.0 Å². The van der Waals surface area contributed by atoms with E-state index in [-0.39, 0.29) is 41.3 Å². The van der Waals surface area contributed by atoms with Gasteiger partial charge in [0.15, 0.2) is 17.7 Å². The molecular formula is C33H32N2O15. The lowest BCUT2D eigenvalue weighted by Crippen LogP contribution is -2.60. The molecule has 0 aromatic heterocycles. The van der Waals surface area contributed by atoms with Gasteiger partial charge in [0.05, 0.1) is 12.5 Å². The van der Waals surface area contributed by atoms with E-state index in [1.807, 2.05) is 0 Å². The van der Waals surface area contributed by atoms with Crippen LogP contribution in [0.1, 0.15) is 17.5 Å². The van der Waals surface area contributed by atoms with Crippen molar-refractivity contribution >= 4 is 41.9 Å². The molecule has 5 rings (SSSR count). The number of nitrogens with zero attached hydrogens (tertiary/aromatic N) is 1. The number of carbonyl (C=O) groups is 4. The van der Waals surface area contributed by atoms with Crippen molar-refractivity contribution in [3.63, 3.8) is 0 Å². The number of allylic oxidation sites excluding steroid dienone is 2. The smallest absolute Gasteiger partial charge is 0.373 e. The lowest BCUT2D eigenvalue weighted by Gasteiger charge is -2.39. The van der Waals surface area contributed by atoms with Gasteiger partial charge in [-0.3, -0.25) is 0 Å². The number of hydrogen-bond acceptors (Lipinski definition) is 13. The van der Waals surface area contributed by atoms with Gasteiger partial charge in [-0.1, -0.05) is 24.3 Å². The van der Waals surface area contributed by atoms with E-state index in [1.54, 1.807) is 0 Å². The van der Waals surface area contributed by atoms with Crippen molar-refractivity contribution in [3.8, 4) is 17.2 Å². The number of ether oxygens (including phenoxy) is 3. The van der Waals surface area contributed by atoms with E-state index in [4.69, 9.17) is 14.2 Å². The zero-order valence-corrected chi connectivity index (χ0v) is 25.9. The van der Waals surface area contributed by atoms with Crippen LogP contribution < -0.4 is 15.2 Å². The molecule has 7 unspecified atom stereocenters. The number of hydrogen-bond donors (Lipinski definition) is 8. The highest BCUT2D eigenvalue weighted by Crippen LogP contribution is 2.40. The Kier molecular flexibility index (Phi) is 10.5. The molecule has 17 heteroatoms. The average Bonchev–Trinajstić information content (AvgIpc) is 3.43. The molecule has 0 radical (unpaired) electrons. The van der Waals surface area contributed by atoms with Gasteiger partial charge >= 0.3 is 23.9 Å². The van der Waals surface area contributed by atoms with Gasteiger partial charge in [0, 0.05) is 24.1 Å². The number of carboxylic acid groups (broad SMARTS) is 3. The first-order chi connectivity index (χ1) is 23.7. The maximum absolute atomic E-state index is 12.3. The highest BCUT2D eigenvalue weighted by Gasteiger charge is 2.46. The number of benzene rings is 2. The number of phenols is 1. The minimum absolute atomic E-state index is 0.0764. The predicted octanol–water partition coefficient (Wildman–Crippen LogP) is -1.03. The van der Waals surface area contributed by atoms with Crippen LogP contribution in [-0.2, 0) is 35.1 Å². The van der Waals surface area contributed by atoms with Crippen molar-refractivity contribution in [2.75, 3.05) is 6.61 Å². The highest BCUT2D eigenvalue weighted by molar-refractivity contribution is 5.90. The van der Waals surface area contributed by atoms with Crippen LogP contribution in [0, 0.1) is 0 Å². The number of carboxylic acids is 3. The third-order valence-corrected chi connectivity index (χ3v) is 8.14. The van der Waals surface area contributed by atoms with Gasteiger partial charge in [-0.25, -0.2) is 19.2 Å². The van der Waals surface area contributed by atoms with Gasteiger partial charge < -0.3 is 60.4 Å². The molecule has 3 aliphatic heterocycles. The zero-order chi connectivity index (χ0) is 36.3. The maximum Gasteiger partial charge on any atom is 0.373 e. The summed E-state index contributed by atoms with van der Waals surface area (Å²) < 4.78 is 17.7. The summed E-state index contributed by atoms with van der Waals surface area (Å²) in [6.07, 6.45) is -2.37. The summed E-state index contributed by atoms with van der Waals surface area (Å²) in [7, 11) is 0. The topological polar surface area (TPSA) is 276 Å². The number of carbonyl (C=O) groups excluding carboxylic acids is 1. The first kappa shape index (κ1) is 35.6. The van der Waals surface area contributed by atoms with E-state index in [0.717, 1.165) is 6.08 Å². The lowest BCUT2D eigenvalue weighted by atomic mass is 9.99. The van der Waals surface area contributed by atoms with Crippen LogP contribution in [0.3, 0.4) is 0 Å². The molecule has 0 spiro atoms. The second-order valence-electron chi connectivity index (χ2n) is 11.6. The quantitative estimate of drug-likeness (QED) is 0.0838. The number of fused-ring (bicyclic) bond motifs is 1. The summed E-state index contributed by atoms with van der Waals surface area (Å²) in [6, 6.07) is 5.64. The number of aliphatic hydroxyl groups is 3. The molecule has 2 aromatic carbocycles. The molecule has 1 saturated heterocycles. The highest BCUT2D eigenvalue weighted by atomic mass is 16.7. The lowest BCUT2D eigenvalue weighted by molar-refractivity contribution is -0.456. The molecule has 1 fully saturated rings. The third-order valence-electron chi connectivity index (χ3n) is 8.14. The standard InChI is InChI=1S/C33H32N2O15/c36-18-4-1-15(2-5-18)3-6-26(38)48-14-25-27(39)28(40)29(41)33(50-25)49-24-13-21-17(12-23(24)37)11-22(32(46)47)35(21)8-7-16-9-19(30(42)43)34-20(10-16)31(44)45/h1-9,12-13,20,22,25,27-29,33,39-41H,10-11,14H2,(H5,36,37,38,42,43,44,45,46,47). The van der Waals surface area contributed by atoms with E-state index in [2.05, 4.69) is 5.32 Å². The third kappa shape index (κ3) is 7.92. The second-order valence-corrected chi connectivity index (χ2v) is 11.6. The summed E-state index contributed by atoms with van der Waals surface area (Å²) in [6.45, 7) is -0.586. The molecule has 0 amide bonds. The number of phenolic OH excluding ortho intramolecular Hbond substituents is 1. The molecule has 17 nitrogen and oxygen atoms in total. The Balaban J connectivity index is 1.35. The molecule has 7 atom stereocenters. The molecule has 50 heavy (non-hydrogen) atoms. The Morgan fingerprint density at radius 2 is 1.70 bits per heavy atom. The van der Waals surface area contributed by atoms with E-state index >= 15 is 0 Å². The van der Waals surface area contributed by atoms with Crippen molar-refractivity contribution < 1.29 is 78.8 Å². The van der Waals surface area contributed by atoms with Crippen LogP contribution in [0.5, 0.6) is 17.2 Å². The Hall–Kier alpha value is -5.75. The second kappa shape index (κ2) is 14.8. The van der Waals surface area contributed by atoms with E-state index < -0.39 is 79.0 Å². The summed E-state index contributed by atoms with van der Waals surface area (Å²) in [5.41, 5.74) is 1.04. The van der Waals surface area contributed by atoms with Crippen LogP contribution in [-0.4, -0.2) is 120 Å². The van der Waals surface area contributed by atoms with Crippen LogP contribution in [0.25, 0.3) is 6.08 Å². The Bertz CT molecular complexity index is 1800. The van der Waals surface area contributed by atoms with Crippen molar-refractivity contribution in [3.05, 3.63) is 77.0 Å². The van der Waals surface area contributed by atoms with Gasteiger partial charge in [0.2, 0.25) is 12.0 Å². The molecule has 3 aliphatic rings. The molecule has 0 saturated carbocycles. The first-order valence-electron chi connectivity index (χ1n) is 15.1. The number of aromatic hydroxyl groups is 1. The molecular weight excluding hydrogens is 664 g/mol. The average molecular weight is 697 g/mol. The minimum Gasteiger partial charge on any atom is -0.872 e. The summed E-state index contributed by atoms with van der Waals surface area (Å²) in [4.78, 5) is 47.5. The fourth-order valence-electron chi connectivity index (χ4n) is 5.52. The Morgan fingerprint density at radius 1 is 0.980 bits per heavy atom. The number of aliphatic hydroxyl groups excluding tert-OH is 3. The summed E-state index contributed by atoms with van der Waals surface area (Å²) in [5, 5.41) is 84.7. The van der Waals surface area contributed by atoms with Crippen LogP contribution in [0.4, 0.5) is 5.69 Å². The van der Waals surface area contributed by atoms with Crippen LogP contribution in [0.2, 0.25) is 0 Å². The van der Waals surface area contributed by atoms with Gasteiger partial charge in [0.1, 0.15) is 42.8 Å². The van der Waals surface area contributed by atoms with Crippen molar-refractivity contribution in [1.82, 2.24) is 5.32 Å². The van der Waals surface area contributed by atoms with E-state index in [0.29, 0.717) is 11.1 Å². The Morgan fingerprint density at radius 3 is 2.36 bits per heavy atom. The zero-order valence-electron chi connectivity index (χ0n) is 25.9. The largest absolute Gasteiger partial charge is 0.872 e. The van der Waals surface area contributed by atoms with Gasteiger partial charge in [0.25, 0.3) is 6.04 Å². The molecule has 0 aliphatic carbocycles. The van der Waals surface area contributed by atoms with E-state index in [1.165, 1.54) is 65.4 Å². The van der Waals surface area contributed by atoms with Crippen molar-refractivity contribution in [2.45, 2.75) is 55.6 Å². The SMILES string of the molecule is O=C(/C=C/c1ccc([O-])cc1)OCC1OC(Oc2cc3c(cc2O)CC(C(=O)O)[N+]3=C/C=C2/C=C(C(=O)O)NC(C(=O)O)C2)C(O)C(O)C1O. The fourth-order valence-corrected chi connectivity index (χ4v) is 5.52. The monoisotopic (exact) mass is 696 g/mol. The summed E-state index contributed by atoms with van der Waals surface area (Å²) >= 11 is 0. The maximum atomic E-state index is 12.3. The van der Waals surface area contributed by atoms with Gasteiger partial charge in [-0.15, -0.1) is 5.75 Å². The van der Waals surface area contributed by atoms with Crippen LogP contribution >= 0.6 is 0 Å².